The molecular weight excluding hydrogens is 770 g/mol. The minimum atomic E-state index is -0.792. The molecule has 0 saturated carbocycles. The Morgan fingerprint density at radius 2 is 1.24 bits per heavy atom. The van der Waals surface area contributed by atoms with Gasteiger partial charge in [0.15, 0.2) is 0 Å². The first kappa shape index (κ1) is 36.5. The second-order valence-electron chi connectivity index (χ2n) is 13.3. The molecule has 6 nitrogen and oxygen atoms in total. The number of rotatable bonds is 12. The molecule has 2 heterocycles. The van der Waals surface area contributed by atoms with Crippen molar-refractivity contribution >= 4 is 37.8 Å². The summed E-state index contributed by atoms with van der Waals surface area (Å²) in [4.78, 5) is 16.2. The van der Waals surface area contributed by atoms with E-state index in [2.05, 4.69) is 55.8 Å². The van der Waals surface area contributed by atoms with Crippen molar-refractivity contribution in [1.82, 2.24) is 9.80 Å². The lowest BCUT2D eigenvalue weighted by atomic mass is 9.99. The maximum absolute atomic E-state index is 15.9. The van der Waals surface area contributed by atoms with Gasteiger partial charge in [-0.15, -0.1) is 0 Å². The Labute approximate surface area is 309 Å². The van der Waals surface area contributed by atoms with Crippen molar-refractivity contribution in [3.63, 3.8) is 0 Å². The standard InChI is InChI=1S/C40H42Br2F2N2O4/c1-26-8-2-4-18-45(26)22-27-14-16-36(33(41)20-27)49-24-29-9-6-11-31(38(29)43)32-12-7-10-30(39(32)44)25-50-37-17-15-28(21-34(37)42)23-46-19-5-3-13-35(46)40(47)48/h6-7,9-12,14-17,20-21,26,35H,2-5,8,13,18-19,22-25H2,1H3,(H,47,48)/t26-,35+/m1/s1. The number of nitrogens with zero attached hydrogens (tertiary/aromatic N) is 2. The lowest BCUT2D eigenvalue weighted by Crippen LogP contribution is -2.43. The fourth-order valence-electron chi connectivity index (χ4n) is 6.95. The zero-order valence-electron chi connectivity index (χ0n) is 28.1. The molecule has 0 radical (unpaired) electrons. The minimum Gasteiger partial charge on any atom is -0.488 e. The molecule has 4 aromatic carbocycles. The van der Waals surface area contributed by atoms with Crippen LogP contribution in [0.4, 0.5) is 8.78 Å². The van der Waals surface area contributed by atoms with Crippen LogP contribution in [0.2, 0.25) is 0 Å². The molecule has 0 amide bonds. The predicted octanol–water partition coefficient (Wildman–Crippen LogP) is 10.1. The fraction of sp³-hybridized carbons (Fsp3) is 0.375. The Balaban J connectivity index is 1.10. The van der Waals surface area contributed by atoms with Gasteiger partial charge in [-0.3, -0.25) is 14.6 Å². The molecule has 10 heteroatoms. The van der Waals surface area contributed by atoms with Crippen LogP contribution in [0.5, 0.6) is 11.5 Å². The molecule has 50 heavy (non-hydrogen) atoms. The number of halogens is 4. The van der Waals surface area contributed by atoms with Crippen LogP contribution in [0.15, 0.2) is 81.7 Å². The summed E-state index contributed by atoms with van der Waals surface area (Å²) in [7, 11) is 0. The molecule has 2 saturated heterocycles. The molecule has 2 fully saturated rings. The quantitative estimate of drug-likeness (QED) is 0.154. The van der Waals surface area contributed by atoms with Crippen molar-refractivity contribution in [2.45, 2.75) is 83.8 Å². The van der Waals surface area contributed by atoms with Crippen molar-refractivity contribution in [1.29, 1.82) is 0 Å². The van der Waals surface area contributed by atoms with Gasteiger partial charge in [0.25, 0.3) is 0 Å². The van der Waals surface area contributed by atoms with E-state index in [1.165, 1.54) is 24.8 Å². The zero-order valence-corrected chi connectivity index (χ0v) is 31.3. The second kappa shape index (κ2) is 16.8. The van der Waals surface area contributed by atoms with Crippen LogP contribution >= 0.6 is 31.9 Å². The number of carboxylic acid groups (broad SMARTS) is 1. The van der Waals surface area contributed by atoms with E-state index < -0.39 is 23.6 Å². The van der Waals surface area contributed by atoms with Crippen LogP contribution in [-0.2, 0) is 31.1 Å². The summed E-state index contributed by atoms with van der Waals surface area (Å²) >= 11 is 7.19. The monoisotopic (exact) mass is 810 g/mol. The maximum atomic E-state index is 15.9. The lowest BCUT2D eigenvalue weighted by Gasteiger charge is -2.33. The summed E-state index contributed by atoms with van der Waals surface area (Å²) in [5.74, 6) is -0.736. The van der Waals surface area contributed by atoms with Crippen LogP contribution in [0.25, 0.3) is 11.1 Å². The van der Waals surface area contributed by atoms with Crippen molar-refractivity contribution in [3.05, 3.63) is 116 Å². The number of ether oxygens (including phenoxy) is 2. The highest BCUT2D eigenvalue weighted by Gasteiger charge is 2.28. The SMILES string of the molecule is C[C@@H]1CCCCN1Cc1ccc(OCc2cccc(-c3cccc(COc4ccc(CN5CCCC[C@H]5C(=O)O)cc4Br)c3F)c2F)c(Br)c1. The Hall–Kier alpha value is -3.31. The van der Waals surface area contributed by atoms with E-state index in [0.717, 1.165) is 42.5 Å². The molecule has 4 aromatic rings. The van der Waals surface area contributed by atoms with E-state index in [0.29, 0.717) is 46.1 Å². The summed E-state index contributed by atoms with van der Waals surface area (Å²) in [6, 6.07) is 21.5. The number of carbonyl (C=O) groups is 1. The van der Waals surface area contributed by atoms with Crippen molar-refractivity contribution < 1.29 is 28.2 Å². The van der Waals surface area contributed by atoms with Gasteiger partial charge in [-0.1, -0.05) is 61.4 Å². The van der Waals surface area contributed by atoms with E-state index >= 15 is 8.78 Å². The molecule has 0 aliphatic carbocycles. The number of carboxylic acids is 1. The van der Waals surface area contributed by atoms with Gasteiger partial charge in [-0.2, -0.15) is 0 Å². The van der Waals surface area contributed by atoms with Gasteiger partial charge in [0.05, 0.1) is 8.95 Å². The smallest absolute Gasteiger partial charge is 0.320 e. The van der Waals surface area contributed by atoms with E-state index in [1.54, 1.807) is 42.5 Å². The van der Waals surface area contributed by atoms with Crippen molar-refractivity contribution in [2.75, 3.05) is 13.1 Å². The Morgan fingerprint density at radius 1 is 0.740 bits per heavy atom. The van der Waals surface area contributed by atoms with E-state index in [4.69, 9.17) is 9.47 Å². The summed E-state index contributed by atoms with van der Waals surface area (Å²) in [6.07, 6.45) is 6.27. The first-order chi connectivity index (χ1) is 24.2. The first-order valence-electron chi connectivity index (χ1n) is 17.3. The van der Waals surface area contributed by atoms with Crippen LogP contribution in [-0.4, -0.2) is 46.0 Å². The molecule has 0 aromatic heterocycles. The Bertz CT molecular complexity index is 1820. The van der Waals surface area contributed by atoms with E-state index in [9.17, 15) is 9.90 Å². The summed E-state index contributed by atoms with van der Waals surface area (Å²) < 4.78 is 45.3. The molecule has 2 aliphatic rings. The molecular formula is C40H42Br2F2N2O4. The van der Waals surface area contributed by atoms with Crippen LogP contribution in [0.3, 0.4) is 0 Å². The number of aliphatic carboxylic acids is 1. The number of piperidine rings is 2. The average molecular weight is 813 g/mol. The van der Waals surface area contributed by atoms with Gasteiger partial charge in [0.2, 0.25) is 0 Å². The molecule has 2 aliphatic heterocycles. The maximum Gasteiger partial charge on any atom is 0.320 e. The van der Waals surface area contributed by atoms with Crippen molar-refractivity contribution in [3.8, 4) is 22.6 Å². The Kier molecular flexibility index (Phi) is 12.3. The minimum absolute atomic E-state index is 0.00997. The summed E-state index contributed by atoms with van der Waals surface area (Å²) in [6.45, 7) is 5.45. The van der Waals surface area contributed by atoms with E-state index in [1.807, 2.05) is 23.1 Å². The number of hydrogen-bond donors (Lipinski definition) is 1. The van der Waals surface area contributed by atoms with Crippen LogP contribution < -0.4 is 9.47 Å². The van der Waals surface area contributed by atoms with Gasteiger partial charge < -0.3 is 14.6 Å². The Morgan fingerprint density at radius 3 is 1.74 bits per heavy atom. The largest absolute Gasteiger partial charge is 0.488 e. The molecule has 0 spiro atoms. The van der Waals surface area contributed by atoms with E-state index in [-0.39, 0.29) is 24.3 Å². The molecule has 0 bridgehead atoms. The first-order valence-corrected chi connectivity index (χ1v) is 18.8. The highest BCUT2D eigenvalue weighted by molar-refractivity contribution is 9.10. The third kappa shape index (κ3) is 8.76. The molecule has 0 unspecified atom stereocenters. The molecule has 264 valence electrons. The van der Waals surface area contributed by atoms with Gasteiger partial charge in [0, 0.05) is 41.4 Å². The number of benzene rings is 4. The normalized spacial score (nSPS) is 18.6. The molecule has 6 rings (SSSR count). The van der Waals surface area contributed by atoms with Crippen LogP contribution in [0, 0.1) is 11.6 Å². The van der Waals surface area contributed by atoms with Gasteiger partial charge in [-0.05, 0) is 113 Å². The highest BCUT2D eigenvalue weighted by Crippen LogP contribution is 2.33. The van der Waals surface area contributed by atoms with Gasteiger partial charge in [-0.25, -0.2) is 8.78 Å². The van der Waals surface area contributed by atoms with Gasteiger partial charge >= 0.3 is 5.97 Å². The van der Waals surface area contributed by atoms with Crippen molar-refractivity contribution in [2.24, 2.45) is 0 Å². The highest BCUT2D eigenvalue weighted by atomic mass is 79.9. The second-order valence-corrected chi connectivity index (χ2v) is 15.0. The molecule has 2 atom stereocenters. The third-order valence-electron chi connectivity index (χ3n) is 9.82. The summed E-state index contributed by atoms with van der Waals surface area (Å²) in [5, 5.41) is 9.61. The molecule has 1 N–H and O–H groups in total. The average Bonchev–Trinajstić information content (AvgIpc) is 3.10. The number of hydrogen-bond acceptors (Lipinski definition) is 5. The lowest BCUT2D eigenvalue weighted by molar-refractivity contribution is -0.144. The fourth-order valence-corrected chi connectivity index (χ4v) is 8.03. The predicted molar refractivity (Wildman–Crippen MR) is 198 cm³/mol. The zero-order chi connectivity index (χ0) is 35.2. The summed E-state index contributed by atoms with van der Waals surface area (Å²) in [5.41, 5.74) is 3.06. The third-order valence-corrected chi connectivity index (χ3v) is 11.1. The van der Waals surface area contributed by atoms with Gasteiger partial charge in [0.1, 0.15) is 42.4 Å². The topological polar surface area (TPSA) is 62.2 Å². The van der Waals surface area contributed by atoms with Crippen LogP contribution in [0.1, 0.15) is 67.7 Å². The number of likely N-dealkylation sites (tertiary alicyclic amines) is 2.